The molecule has 2 atom stereocenters. The van der Waals surface area contributed by atoms with Crippen molar-refractivity contribution in [3.8, 4) is 0 Å². The maximum atomic E-state index is 4.51. The van der Waals surface area contributed by atoms with Crippen molar-refractivity contribution in [2.45, 2.75) is 38.6 Å². The van der Waals surface area contributed by atoms with Gasteiger partial charge in [-0.05, 0) is 37.4 Å². The predicted molar refractivity (Wildman–Crippen MR) is 59.3 cm³/mol. The molecule has 0 spiro atoms. The van der Waals surface area contributed by atoms with E-state index in [9.17, 15) is 0 Å². The molecule has 0 radical (unpaired) electrons. The average molecular weight is 198 g/mol. The number of hydrogen-bond donors (Lipinski definition) is 1. The minimum Gasteiger partial charge on any atom is -0.306 e. The Morgan fingerprint density at radius 1 is 1.46 bits per heavy atom. The first kappa shape index (κ1) is 9.38. The van der Waals surface area contributed by atoms with Crippen molar-refractivity contribution in [2.24, 2.45) is 11.0 Å². The van der Waals surface area contributed by atoms with Gasteiger partial charge in [0.05, 0.1) is 6.04 Å². The van der Waals surface area contributed by atoms with Crippen molar-refractivity contribution in [3.63, 3.8) is 0 Å². The van der Waals surface area contributed by atoms with Crippen LogP contribution in [0, 0.1) is 5.92 Å². The van der Waals surface area contributed by atoms with Crippen LogP contribution in [0.3, 0.4) is 0 Å². The van der Waals surface area contributed by atoms with E-state index >= 15 is 0 Å². The Bertz CT molecular complexity index is 197. The van der Waals surface area contributed by atoms with Gasteiger partial charge in [0, 0.05) is 11.5 Å². The number of nitrogens with zero attached hydrogens (tertiary/aromatic N) is 1. The monoisotopic (exact) mass is 198 g/mol. The lowest BCUT2D eigenvalue weighted by atomic mass is 10.1. The van der Waals surface area contributed by atoms with E-state index < -0.39 is 0 Å². The molecule has 0 bridgehead atoms. The van der Waals surface area contributed by atoms with Crippen LogP contribution in [-0.2, 0) is 0 Å². The second kappa shape index (κ2) is 4.36. The van der Waals surface area contributed by atoms with Gasteiger partial charge in [-0.3, -0.25) is 0 Å². The Labute approximate surface area is 84.6 Å². The van der Waals surface area contributed by atoms with Crippen LogP contribution in [0.25, 0.3) is 0 Å². The molecule has 74 valence electrons. The van der Waals surface area contributed by atoms with Crippen molar-refractivity contribution < 1.29 is 0 Å². The van der Waals surface area contributed by atoms with E-state index in [1.807, 2.05) is 11.8 Å². The molecule has 3 heteroatoms. The van der Waals surface area contributed by atoms with Crippen LogP contribution < -0.4 is 5.43 Å². The molecule has 2 nitrogen and oxygen atoms in total. The minimum atomic E-state index is 0.647. The number of rotatable bonds is 2. The van der Waals surface area contributed by atoms with Crippen molar-refractivity contribution in [2.75, 3.05) is 11.5 Å². The molecule has 1 aliphatic heterocycles. The summed E-state index contributed by atoms with van der Waals surface area (Å²) in [5.41, 5.74) is 4.70. The maximum absolute atomic E-state index is 4.51. The summed E-state index contributed by atoms with van der Waals surface area (Å²) in [6.45, 7) is 2.31. The van der Waals surface area contributed by atoms with Crippen molar-refractivity contribution in [1.82, 2.24) is 5.43 Å². The fourth-order valence-electron chi connectivity index (χ4n) is 1.94. The van der Waals surface area contributed by atoms with E-state index in [1.165, 1.54) is 42.9 Å². The lowest BCUT2D eigenvalue weighted by molar-refractivity contribution is 0.581. The molecule has 0 aromatic rings. The van der Waals surface area contributed by atoms with Crippen LogP contribution in [-0.4, -0.2) is 23.3 Å². The topological polar surface area (TPSA) is 24.4 Å². The summed E-state index contributed by atoms with van der Waals surface area (Å²) < 4.78 is 0. The van der Waals surface area contributed by atoms with Gasteiger partial charge in [0.1, 0.15) is 0 Å². The van der Waals surface area contributed by atoms with Crippen LogP contribution in [0.2, 0.25) is 0 Å². The minimum absolute atomic E-state index is 0.647. The highest BCUT2D eigenvalue weighted by Crippen LogP contribution is 2.22. The molecule has 1 N–H and O–H groups in total. The second-order valence-corrected chi connectivity index (χ2v) is 5.37. The third kappa shape index (κ3) is 2.63. The lowest BCUT2D eigenvalue weighted by Crippen LogP contribution is -2.24. The zero-order chi connectivity index (χ0) is 9.10. The molecule has 1 aliphatic carbocycles. The number of hydrazone groups is 1. The highest BCUT2D eigenvalue weighted by atomic mass is 32.2. The number of nitrogens with one attached hydrogen (secondary N) is 1. The van der Waals surface area contributed by atoms with E-state index in [4.69, 9.17) is 0 Å². The van der Waals surface area contributed by atoms with Gasteiger partial charge in [-0.2, -0.15) is 16.9 Å². The molecule has 1 heterocycles. The third-order valence-electron chi connectivity index (χ3n) is 2.84. The van der Waals surface area contributed by atoms with Gasteiger partial charge in [-0.1, -0.05) is 6.92 Å². The first-order valence-corrected chi connectivity index (χ1v) is 6.39. The van der Waals surface area contributed by atoms with Crippen molar-refractivity contribution in [1.29, 1.82) is 0 Å². The standard InChI is InChI=1S/C10H18N2S/c1-8-2-3-9(6-8)11-12-10-4-5-13-7-10/h8,10,12H,2-7H2,1H3/b11-9-. The van der Waals surface area contributed by atoms with Gasteiger partial charge in [0.25, 0.3) is 0 Å². The Kier molecular flexibility index (Phi) is 3.14. The van der Waals surface area contributed by atoms with Crippen LogP contribution >= 0.6 is 11.8 Å². The molecular weight excluding hydrogens is 180 g/mol. The molecule has 2 fully saturated rings. The molecule has 2 unspecified atom stereocenters. The van der Waals surface area contributed by atoms with Crippen LogP contribution in [0.5, 0.6) is 0 Å². The molecule has 0 aromatic carbocycles. The first-order chi connectivity index (χ1) is 6.34. The van der Waals surface area contributed by atoms with Crippen molar-refractivity contribution in [3.05, 3.63) is 0 Å². The summed E-state index contributed by atoms with van der Waals surface area (Å²) in [5.74, 6) is 3.41. The second-order valence-electron chi connectivity index (χ2n) is 4.22. The third-order valence-corrected chi connectivity index (χ3v) is 4.01. The summed E-state index contributed by atoms with van der Waals surface area (Å²) in [5, 5.41) is 4.51. The van der Waals surface area contributed by atoms with E-state index in [0.29, 0.717) is 6.04 Å². The molecule has 0 aromatic heterocycles. The molecule has 1 saturated carbocycles. The van der Waals surface area contributed by atoms with Gasteiger partial charge in [0.2, 0.25) is 0 Å². The molecular formula is C10H18N2S. The highest BCUT2D eigenvalue weighted by Gasteiger charge is 2.18. The Balaban J connectivity index is 1.76. The van der Waals surface area contributed by atoms with E-state index in [-0.39, 0.29) is 0 Å². The van der Waals surface area contributed by atoms with Gasteiger partial charge >= 0.3 is 0 Å². The quantitative estimate of drug-likeness (QED) is 0.688. The van der Waals surface area contributed by atoms with E-state index in [1.54, 1.807) is 0 Å². The normalized spacial score (nSPS) is 37.2. The van der Waals surface area contributed by atoms with Gasteiger partial charge < -0.3 is 5.43 Å². The molecule has 2 rings (SSSR count). The fraction of sp³-hybridized carbons (Fsp3) is 0.900. The van der Waals surface area contributed by atoms with E-state index in [0.717, 1.165) is 5.92 Å². The van der Waals surface area contributed by atoms with E-state index in [2.05, 4.69) is 17.5 Å². The summed E-state index contributed by atoms with van der Waals surface area (Å²) in [6, 6.07) is 0.647. The zero-order valence-corrected chi connectivity index (χ0v) is 9.07. The average Bonchev–Trinajstić information content (AvgIpc) is 2.71. The molecule has 1 saturated heterocycles. The Morgan fingerprint density at radius 3 is 3.00 bits per heavy atom. The zero-order valence-electron chi connectivity index (χ0n) is 8.25. The molecule has 13 heavy (non-hydrogen) atoms. The van der Waals surface area contributed by atoms with Crippen LogP contribution in [0.1, 0.15) is 32.6 Å². The highest BCUT2D eigenvalue weighted by molar-refractivity contribution is 7.99. The number of thioether (sulfide) groups is 1. The SMILES string of the molecule is CC1CC/C(=N/NC2CCSC2)C1. The summed E-state index contributed by atoms with van der Waals surface area (Å²) >= 11 is 2.03. The Morgan fingerprint density at radius 2 is 2.38 bits per heavy atom. The number of hydrogen-bond acceptors (Lipinski definition) is 3. The summed E-state index contributed by atoms with van der Waals surface area (Å²) in [7, 11) is 0. The predicted octanol–water partition coefficient (Wildman–Crippen LogP) is 2.26. The molecule has 0 amide bonds. The maximum Gasteiger partial charge on any atom is 0.0538 e. The van der Waals surface area contributed by atoms with Gasteiger partial charge in [0.15, 0.2) is 0 Å². The fourth-order valence-corrected chi connectivity index (χ4v) is 3.08. The van der Waals surface area contributed by atoms with Crippen molar-refractivity contribution >= 4 is 17.5 Å². The van der Waals surface area contributed by atoms with Crippen LogP contribution in [0.15, 0.2) is 5.10 Å². The van der Waals surface area contributed by atoms with Crippen LogP contribution in [0.4, 0.5) is 0 Å². The largest absolute Gasteiger partial charge is 0.306 e. The van der Waals surface area contributed by atoms with Gasteiger partial charge in [-0.15, -0.1) is 0 Å². The lowest BCUT2D eigenvalue weighted by Gasteiger charge is -2.07. The Hall–Kier alpha value is -0.180. The smallest absolute Gasteiger partial charge is 0.0538 e. The molecule has 2 aliphatic rings. The van der Waals surface area contributed by atoms with Gasteiger partial charge in [-0.25, -0.2) is 0 Å². The summed E-state index contributed by atoms with van der Waals surface area (Å²) in [6.07, 6.45) is 5.05. The summed E-state index contributed by atoms with van der Waals surface area (Å²) in [4.78, 5) is 0. The first-order valence-electron chi connectivity index (χ1n) is 5.23.